The fourth-order valence-corrected chi connectivity index (χ4v) is 3.75. The van der Waals surface area contributed by atoms with Gasteiger partial charge < -0.3 is 4.74 Å². The molecule has 5 nitrogen and oxygen atoms in total. The van der Waals surface area contributed by atoms with E-state index in [4.69, 9.17) is 9.72 Å². The summed E-state index contributed by atoms with van der Waals surface area (Å²) in [6.45, 7) is 8.25. The second-order valence-corrected chi connectivity index (χ2v) is 9.10. The van der Waals surface area contributed by atoms with Crippen LogP contribution >= 0.6 is 31.9 Å². The summed E-state index contributed by atoms with van der Waals surface area (Å²) in [5.74, 6) is 1.54. The molecule has 0 radical (unpaired) electrons. The van der Waals surface area contributed by atoms with E-state index in [0.29, 0.717) is 16.7 Å². The van der Waals surface area contributed by atoms with Crippen LogP contribution in [0.15, 0.2) is 55.2 Å². The van der Waals surface area contributed by atoms with Crippen LogP contribution in [-0.4, -0.2) is 22.0 Å². The number of fused-ring (bicyclic) bond motifs is 1. The highest BCUT2D eigenvalue weighted by Gasteiger charge is 2.15. The van der Waals surface area contributed by atoms with Gasteiger partial charge in [-0.05, 0) is 77.7 Å². The number of halogens is 2. The molecule has 0 N–H and O–H groups in total. The van der Waals surface area contributed by atoms with Crippen LogP contribution in [-0.2, 0) is 0 Å². The molecule has 0 spiro atoms. The van der Waals surface area contributed by atoms with Crippen molar-refractivity contribution in [1.82, 2.24) is 9.66 Å². The van der Waals surface area contributed by atoms with Gasteiger partial charge in [0.15, 0.2) is 0 Å². The highest BCUT2D eigenvalue weighted by molar-refractivity contribution is 9.10. The molecule has 0 aliphatic carbocycles. The standard InChI is InChI=1S/C23H25Br2N3O2/c1-5-14(3)22-27-20-9-8-17(24)12-18(20)23(29)28(22)26-13-16-7-10-21(19(25)11-16)30-15(4)6-2/h7-15H,5-6H2,1-4H3/t14-,15-/m0/s1. The first-order valence-electron chi connectivity index (χ1n) is 10.1. The number of hydrogen-bond donors (Lipinski definition) is 0. The molecule has 0 bridgehead atoms. The van der Waals surface area contributed by atoms with E-state index in [1.165, 1.54) is 4.68 Å². The van der Waals surface area contributed by atoms with Crippen LogP contribution in [0.1, 0.15) is 57.8 Å². The molecule has 3 rings (SSSR count). The summed E-state index contributed by atoms with van der Waals surface area (Å²) < 4.78 is 9.00. The normalized spacial score (nSPS) is 13.7. The Bertz CT molecular complexity index is 1140. The van der Waals surface area contributed by atoms with Gasteiger partial charge in [0.1, 0.15) is 11.6 Å². The molecule has 0 unspecified atom stereocenters. The highest BCUT2D eigenvalue weighted by Crippen LogP contribution is 2.27. The van der Waals surface area contributed by atoms with Crippen molar-refractivity contribution in [3.8, 4) is 5.75 Å². The van der Waals surface area contributed by atoms with E-state index in [2.05, 4.69) is 57.7 Å². The summed E-state index contributed by atoms with van der Waals surface area (Å²) in [5, 5.41) is 5.05. The van der Waals surface area contributed by atoms with Gasteiger partial charge in [-0.3, -0.25) is 4.79 Å². The number of aromatic nitrogens is 2. The second-order valence-electron chi connectivity index (χ2n) is 7.33. The van der Waals surface area contributed by atoms with E-state index in [-0.39, 0.29) is 17.6 Å². The van der Waals surface area contributed by atoms with E-state index in [1.54, 1.807) is 12.3 Å². The minimum Gasteiger partial charge on any atom is -0.490 e. The van der Waals surface area contributed by atoms with E-state index in [0.717, 1.165) is 33.1 Å². The zero-order valence-electron chi connectivity index (χ0n) is 17.5. The van der Waals surface area contributed by atoms with Crippen molar-refractivity contribution in [2.24, 2.45) is 5.10 Å². The number of ether oxygens (including phenoxy) is 1. The van der Waals surface area contributed by atoms with Crippen LogP contribution < -0.4 is 10.3 Å². The Balaban J connectivity index is 2.04. The van der Waals surface area contributed by atoms with Gasteiger partial charge in [-0.1, -0.05) is 36.7 Å². The Hall–Kier alpha value is -1.99. The van der Waals surface area contributed by atoms with Crippen molar-refractivity contribution in [2.75, 3.05) is 0 Å². The largest absolute Gasteiger partial charge is 0.490 e. The molecule has 0 saturated carbocycles. The summed E-state index contributed by atoms with van der Waals surface area (Å²) in [6, 6.07) is 11.3. The Kier molecular flexibility index (Phi) is 7.47. The van der Waals surface area contributed by atoms with E-state index < -0.39 is 0 Å². The molecular weight excluding hydrogens is 510 g/mol. The summed E-state index contributed by atoms with van der Waals surface area (Å²) >= 11 is 7.00. The van der Waals surface area contributed by atoms with Crippen LogP contribution in [0.3, 0.4) is 0 Å². The van der Waals surface area contributed by atoms with Crippen LogP contribution in [0.2, 0.25) is 0 Å². The van der Waals surface area contributed by atoms with Crippen molar-refractivity contribution in [1.29, 1.82) is 0 Å². The van der Waals surface area contributed by atoms with Gasteiger partial charge in [-0.25, -0.2) is 4.98 Å². The molecule has 158 valence electrons. The molecule has 0 fully saturated rings. The van der Waals surface area contributed by atoms with E-state index in [1.807, 2.05) is 37.3 Å². The number of rotatable bonds is 7. The van der Waals surface area contributed by atoms with Crippen LogP contribution in [0, 0.1) is 0 Å². The van der Waals surface area contributed by atoms with Crippen molar-refractivity contribution in [2.45, 2.75) is 52.6 Å². The lowest BCUT2D eigenvalue weighted by atomic mass is 10.1. The Morgan fingerprint density at radius 3 is 2.57 bits per heavy atom. The summed E-state index contributed by atoms with van der Waals surface area (Å²) in [4.78, 5) is 17.9. The highest BCUT2D eigenvalue weighted by atomic mass is 79.9. The number of nitrogens with zero attached hydrogens (tertiary/aromatic N) is 3. The Morgan fingerprint density at radius 2 is 1.90 bits per heavy atom. The zero-order chi connectivity index (χ0) is 21.8. The molecule has 0 aliphatic rings. The monoisotopic (exact) mass is 533 g/mol. The third-order valence-corrected chi connectivity index (χ3v) is 6.18. The molecule has 0 saturated heterocycles. The smallest absolute Gasteiger partial charge is 0.282 e. The molecule has 2 aromatic carbocycles. The zero-order valence-corrected chi connectivity index (χ0v) is 20.7. The number of benzene rings is 2. The molecule has 7 heteroatoms. The van der Waals surface area contributed by atoms with Crippen molar-refractivity contribution in [3.63, 3.8) is 0 Å². The summed E-state index contributed by atoms with van der Waals surface area (Å²) in [5.41, 5.74) is 1.36. The third kappa shape index (κ3) is 5.01. The minimum absolute atomic E-state index is 0.0981. The van der Waals surface area contributed by atoms with Gasteiger partial charge >= 0.3 is 0 Å². The van der Waals surface area contributed by atoms with Crippen molar-refractivity contribution >= 4 is 49.0 Å². The fourth-order valence-electron chi connectivity index (χ4n) is 2.90. The van der Waals surface area contributed by atoms with Gasteiger partial charge in [0.25, 0.3) is 5.56 Å². The average molecular weight is 535 g/mol. The molecule has 1 heterocycles. The fraction of sp³-hybridized carbons (Fsp3) is 0.348. The van der Waals surface area contributed by atoms with Gasteiger partial charge in [0.05, 0.1) is 27.7 Å². The molecule has 0 amide bonds. The summed E-state index contributed by atoms with van der Waals surface area (Å²) in [7, 11) is 0. The average Bonchev–Trinajstić information content (AvgIpc) is 2.74. The molecule has 3 aromatic rings. The van der Waals surface area contributed by atoms with Crippen LogP contribution in [0.25, 0.3) is 10.9 Å². The molecule has 30 heavy (non-hydrogen) atoms. The lowest BCUT2D eigenvalue weighted by molar-refractivity contribution is 0.216. The first kappa shape index (κ1) is 22.7. The first-order chi connectivity index (χ1) is 14.3. The lowest BCUT2D eigenvalue weighted by Crippen LogP contribution is -2.23. The number of hydrogen-bond acceptors (Lipinski definition) is 4. The van der Waals surface area contributed by atoms with E-state index in [9.17, 15) is 4.79 Å². The lowest BCUT2D eigenvalue weighted by Gasteiger charge is -2.15. The molecule has 2 atom stereocenters. The van der Waals surface area contributed by atoms with Gasteiger partial charge in [-0.15, -0.1) is 0 Å². The topological polar surface area (TPSA) is 56.5 Å². The third-order valence-electron chi connectivity index (χ3n) is 5.07. The SMILES string of the molecule is CC[C@H](C)Oc1ccc(C=Nn2c([C@@H](C)CC)nc3ccc(Br)cc3c2=O)cc1Br. The predicted octanol–water partition coefficient (Wildman–Crippen LogP) is 6.49. The maximum absolute atomic E-state index is 13.2. The Labute approximate surface area is 193 Å². The van der Waals surface area contributed by atoms with Gasteiger partial charge in [0.2, 0.25) is 0 Å². The Morgan fingerprint density at radius 1 is 1.13 bits per heavy atom. The summed E-state index contributed by atoms with van der Waals surface area (Å²) in [6.07, 6.45) is 3.61. The van der Waals surface area contributed by atoms with Crippen LogP contribution in [0.4, 0.5) is 0 Å². The van der Waals surface area contributed by atoms with Gasteiger partial charge in [0, 0.05) is 10.4 Å². The van der Waals surface area contributed by atoms with Crippen molar-refractivity contribution in [3.05, 3.63) is 67.1 Å². The first-order valence-corrected chi connectivity index (χ1v) is 11.6. The quantitative estimate of drug-likeness (QED) is 0.325. The second kappa shape index (κ2) is 9.88. The molecular formula is C23H25Br2N3O2. The van der Waals surface area contributed by atoms with E-state index >= 15 is 0 Å². The molecule has 1 aromatic heterocycles. The molecule has 0 aliphatic heterocycles. The van der Waals surface area contributed by atoms with Gasteiger partial charge in [-0.2, -0.15) is 9.78 Å². The predicted molar refractivity (Wildman–Crippen MR) is 130 cm³/mol. The van der Waals surface area contributed by atoms with Crippen molar-refractivity contribution < 1.29 is 4.74 Å². The maximum Gasteiger partial charge on any atom is 0.282 e. The minimum atomic E-state index is -0.177. The van der Waals surface area contributed by atoms with Crippen LogP contribution in [0.5, 0.6) is 5.75 Å². The maximum atomic E-state index is 13.2.